The number of hydrogen-bond acceptors (Lipinski definition) is 16. The third-order valence-corrected chi connectivity index (χ3v) is 9.83. The lowest BCUT2D eigenvalue weighted by atomic mass is 9.95. The van der Waals surface area contributed by atoms with E-state index in [-0.39, 0.29) is 26.4 Å². The summed E-state index contributed by atoms with van der Waals surface area (Å²) < 4.78 is 48.3. The molecule has 3 heterocycles. The van der Waals surface area contributed by atoms with E-state index in [1.807, 2.05) is 91.0 Å². The number of aliphatic hydroxyl groups excluding tert-OH is 8. The van der Waals surface area contributed by atoms with Gasteiger partial charge in [0.05, 0.1) is 39.6 Å². The maximum absolute atomic E-state index is 11.4. The first-order valence-electron chi connectivity index (χ1n) is 18.2. The molecule has 6 rings (SSSR count). The lowest BCUT2D eigenvalue weighted by Gasteiger charge is -2.49. The van der Waals surface area contributed by atoms with Crippen LogP contribution in [-0.4, -0.2) is 153 Å². The minimum Gasteiger partial charge on any atom is -0.394 e. The van der Waals surface area contributed by atoms with Gasteiger partial charge in [0, 0.05) is 0 Å². The minimum absolute atomic E-state index is 0.0614. The van der Waals surface area contributed by atoms with Gasteiger partial charge < -0.3 is 78.7 Å². The average Bonchev–Trinajstić information content (AvgIpc) is 3.21. The van der Waals surface area contributed by atoms with Crippen LogP contribution in [0.2, 0.25) is 0 Å². The van der Waals surface area contributed by atoms with E-state index in [9.17, 15) is 40.9 Å². The zero-order chi connectivity index (χ0) is 38.9. The average molecular weight is 775 g/mol. The van der Waals surface area contributed by atoms with E-state index >= 15 is 0 Å². The Morgan fingerprint density at radius 1 is 0.436 bits per heavy atom. The molecule has 3 aromatic rings. The molecule has 3 saturated heterocycles. The molecule has 16 heteroatoms. The van der Waals surface area contributed by atoms with Crippen molar-refractivity contribution in [1.29, 1.82) is 0 Å². The highest BCUT2D eigenvalue weighted by Crippen LogP contribution is 2.34. The monoisotopic (exact) mass is 774 g/mol. The van der Waals surface area contributed by atoms with Crippen LogP contribution >= 0.6 is 0 Å². The molecule has 0 saturated carbocycles. The van der Waals surface area contributed by atoms with Gasteiger partial charge in [-0.05, 0) is 16.7 Å². The summed E-state index contributed by atoms with van der Waals surface area (Å²) in [6.45, 7) is -1.29. The van der Waals surface area contributed by atoms with Gasteiger partial charge in [-0.2, -0.15) is 0 Å². The summed E-state index contributed by atoms with van der Waals surface area (Å²) in [7, 11) is 0. The van der Waals surface area contributed by atoms with Gasteiger partial charge in [0.1, 0.15) is 73.2 Å². The van der Waals surface area contributed by atoms with Gasteiger partial charge in [0.15, 0.2) is 18.9 Å². The molecule has 0 radical (unpaired) electrons. The van der Waals surface area contributed by atoms with Crippen molar-refractivity contribution in [3.8, 4) is 0 Å². The molecule has 0 unspecified atom stereocenters. The van der Waals surface area contributed by atoms with Crippen LogP contribution in [0.5, 0.6) is 0 Å². The third kappa shape index (κ3) is 10.3. The molecule has 3 aliphatic heterocycles. The van der Waals surface area contributed by atoms with E-state index in [4.69, 9.17) is 37.9 Å². The van der Waals surface area contributed by atoms with Crippen LogP contribution in [0.4, 0.5) is 0 Å². The number of hydrogen-bond donors (Lipinski definition) is 8. The molecular weight excluding hydrogens is 724 g/mol. The van der Waals surface area contributed by atoms with E-state index in [0.29, 0.717) is 0 Å². The van der Waals surface area contributed by atoms with Crippen molar-refractivity contribution in [2.45, 2.75) is 112 Å². The van der Waals surface area contributed by atoms with Crippen LogP contribution in [0.25, 0.3) is 0 Å². The van der Waals surface area contributed by atoms with Crippen molar-refractivity contribution in [3.05, 3.63) is 108 Å². The van der Waals surface area contributed by atoms with Crippen LogP contribution in [0.1, 0.15) is 16.7 Å². The van der Waals surface area contributed by atoms with E-state index in [2.05, 4.69) is 0 Å². The Labute approximate surface area is 317 Å². The molecule has 302 valence electrons. The van der Waals surface area contributed by atoms with Crippen LogP contribution in [-0.2, 0) is 57.7 Å². The second-order valence-electron chi connectivity index (χ2n) is 13.7. The van der Waals surface area contributed by atoms with Crippen molar-refractivity contribution in [1.82, 2.24) is 0 Å². The molecule has 0 aromatic heterocycles. The summed E-state index contributed by atoms with van der Waals surface area (Å²) in [5.41, 5.74) is 2.49. The predicted octanol–water partition coefficient (Wildman–Crippen LogP) is -0.899. The van der Waals surface area contributed by atoms with E-state index in [1.54, 1.807) is 0 Å². The largest absolute Gasteiger partial charge is 0.394 e. The lowest BCUT2D eigenvalue weighted by molar-refractivity contribution is -0.382. The maximum atomic E-state index is 11.4. The molecule has 16 nitrogen and oxygen atoms in total. The molecule has 3 aromatic carbocycles. The van der Waals surface area contributed by atoms with Crippen LogP contribution in [0.3, 0.4) is 0 Å². The van der Waals surface area contributed by atoms with E-state index < -0.39 is 105 Å². The highest BCUT2D eigenvalue weighted by molar-refractivity contribution is 5.15. The van der Waals surface area contributed by atoms with Crippen LogP contribution < -0.4 is 0 Å². The molecule has 0 amide bonds. The second kappa shape index (κ2) is 19.9. The normalized spacial score (nSPS) is 36.8. The van der Waals surface area contributed by atoms with Crippen molar-refractivity contribution in [2.75, 3.05) is 19.8 Å². The Balaban J connectivity index is 1.25. The van der Waals surface area contributed by atoms with Gasteiger partial charge in [0.2, 0.25) is 0 Å². The van der Waals surface area contributed by atoms with Gasteiger partial charge in [-0.25, -0.2) is 0 Å². The minimum atomic E-state index is -1.85. The fourth-order valence-electron chi connectivity index (χ4n) is 6.78. The van der Waals surface area contributed by atoms with Crippen molar-refractivity contribution < 1.29 is 78.7 Å². The van der Waals surface area contributed by atoms with Crippen LogP contribution in [0.15, 0.2) is 91.0 Å². The number of ether oxygens (including phenoxy) is 8. The van der Waals surface area contributed by atoms with Gasteiger partial charge in [-0.1, -0.05) is 91.0 Å². The molecule has 3 fully saturated rings. The fourth-order valence-corrected chi connectivity index (χ4v) is 6.78. The summed E-state index contributed by atoms with van der Waals surface area (Å²) in [6, 6.07) is 27.9. The SMILES string of the molecule is OC[C@H]1O[C@@H](O[C@H]2[C@H](O)[C@@H](O)[C@H](O[C@@H]3[C@H](OCc4ccccc4)[C@@H](OCc4ccccc4)[C@@H](O)O[C@@H]3COCc3ccccc3)O[C@@H]2CO)[C@H](O)[C@@H](O)[C@@H]1O. The zero-order valence-electron chi connectivity index (χ0n) is 29.9. The summed E-state index contributed by atoms with van der Waals surface area (Å²) >= 11 is 0. The molecular formula is C39H50O16. The predicted molar refractivity (Wildman–Crippen MR) is 188 cm³/mol. The Hall–Kier alpha value is -2.98. The van der Waals surface area contributed by atoms with Gasteiger partial charge in [-0.15, -0.1) is 0 Å². The molecule has 55 heavy (non-hydrogen) atoms. The summed E-state index contributed by atoms with van der Waals surface area (Å²) in [5, 5.41) is 85.1. The van der Waals surface area contributed by atoms with Gasteiger partial charge in [-0.3, -0.25) is 0 Å². The van der Waals surface area contributed by atoms with Gasteiger partial charge >= 0.3 is 0 Å². The van der Waals surface area contributed by atoms with E-state index in [0.717, 1.165) is 16.7 Å². The summed E-state index contributed by atoms with van der Waals surface area (Å²) in [4.78, 5) is 0. The molecule has 0 spiro atoms. The lowest BCUT2D eigenvalue weighted by Crippen LogP contribution is -2.67. The Kier molecular flexibility index (Phi) is 15.1. The highest BCUT2D eigenvalue weighted by atomic mass is 16.8. The topological polar surface area (TPSA) is 236 Å². The molecule has 15 atom stereocenters. The second-order valence-corrected chi connectivity index (χ2v) is 13.7. The Morgan fingerprint density at radius 2 is 0.909 bits per heavy atom. The first-order valence-corrected chi connectivity index (χ1v) is 18.2. The molecule has 8 N–H and O–H groups in total. The Morgan fingerprint density at radius 3 is 1.45 bits per heavy atom. The zero-order valence-corrected chi connectivity index (χ0v) is 29.9. The fraction of sp³-hybridized carbons (Fsp3) is 0.538. The standard InChI is InChI=1S/C39H50O16/c40-16-25-28(42)29(43)31(45)38(52-25)54-33-26(17-41)53-39(32(46)30(33)44)55-34-27(21-48-18-22-10-4-1-5-11-22)51-37(47)36(50-20-24-14-8-3-9-15-24)35(34)49-19-23-12-6-2-7-13-23/h1-15,25-47H,16-21H2/t25-,26-,27-,28-,29+,30-,31-,32-,33-,34+,35+,36-,37+,38+,39+/m1/s1. The third-order valence-electron chi connectivity index (χ3n) is 9.83. The van der Waals surface area contributed by atoms with Crippen molar-refractivity contribution in [3.63, 3.8) is 0 Å². The Bertz CT molecular complexity index is 1540. The molecule has 0 bridgehead atoms. The van der Waals surface area contributed by atoms with Crippen molar-refractivity contribution >= 4 is 0 Å². The van der Waals surface area contributed by atoms with Crippen LogP contribution in [0, 0.1) is 0 Å². The first-order chi connectivity index (χ1) is 26.7. The van der Waals surface area contributed by atoms with E-state index in [1.165, 1.54) is 0 Å². The smallest absolute Gasteiger partial charge is 0.187 e. The van der Waals surface area contributed by atoms with Gasteiger partial charge in [0.25, 0.3) is 0 Å². The molecule has 3 aliphatic rings. The first kappa shape index (κ1) is 41.6. The maximum Gasteiger partial charge on any atom is 0.187 e. The number of aliphatic hydroxyl groups is 8. The summed E-state index contributed by atoms with van der Waals surface area (Å²) in [5.74, 6) is 0. The highest BCUT2D eigenvalue weighted by Gasteiger charge is 2.54. The number of benzene rings is 3. The number of rotatable bonds is 16. The molecule has 0 aliphatic carbocycles. The summed E-state index contributed by atoms with van der Waals surface area (Å²) in [6.07, 6.45) is -22.5. The van der Waals surface area contributed by atoms with Crippen molar-refractivity contribution in [2.24, 2.45) is 0 Å². The quantitative estimate of drug-likeness (QED) is 0.0881.